The smallest absolute Gasteiger partial charge is 0.270 e. The summed E-state index contributed by atoms with van der Waals surface area (Å²) < 4.78 is 6.75. The van der Waals surface area contributed by atoms with Crippen molar-refractivity contribution in [2.45, 2.75) is 6.92 Å². The summed E-state index contributed by atoms with van der Waals surface area (Å²) in [6.07, 6.45) is 1.41. The normalized spacial score (nSPS) is 15.6. The summed E-state index contributed by atoms with van der Waals surface area (Å²) in [5, 5.41) is 2.98. The first-order valence-corrected chi connectivity index (χ1v) is 10.4. The predicted molar refractivity (Wildman–Crippen MR) is 124 cm³/mol. The monoisotopic (exact) mass is 500 g/mol. The molecule has 1 aliphatic heterocycles. The van der Waals surface area contributed by atoms with Crippen molar-refractivity contribution in [3.05, 3.63) is 81.0 Å². The molecular formula is C22H14BrClN2O3S. The molecule has 5 nitrogen and oxygen atoms in total. The molecule has 1 fully saturated rings. The van der Waals surface area contributed by atoms with E-state index in [0.29, 0.717) is 22.2 Å². The van der Waals surface area contributed by atoms with Crippen LogP contribution in [0.5, 0.6) is 0 Å². The van der Waals surface area contributed by atoms with Gasteiger partial charge in [0.05, 0.1) is 5.69 Å². The molecule has 0 atom stereocenters. The van der Waals surface area contributed by atoms with Gasteiger partial charge in [-0.3, -0.25) is 19.8 Å². The van der Waals surface area contributed by atoms with E-state index >= 15 is 0 Å². The Morgan fingerprint density at radius 2 is 1.93 bits per heavy atom. The molecule has 1 saturated heterocycles. The number of halogens is 2. The zero-order valence-corrected chi connectivity index (χ0v) is 18.8. The number of carbonyl (C=O) groups excluding carboxylic acids is 2. The molecule has 0 radical (unpaired) electrons. The summed E-state index contributed by atoms with van der Waals surface area (Å²) in [5.74, 6) is -0.160. The third-order valence-electron chi connectivity index (χ3n) is 4.47. The van der Waals surface area contributed by atoms with Crippen LogP contribution in [-0.2, 0) is 9.59 Å². The number of nitrogens with zero attached hydrogens (tertiary/aromatic N) is 1. The van der Waals surface area contributed by atoms with Crippen LogP contribution in [0.2, 0.25) is 5.02 Å². The highest BCUT2D eigenvalue weighted by atomic mass is 79.9. The number of furan rings is 1. The van der Waals surface area contributed by atoms with E-state index in [1.165, 1.54) is 11.0 Å². The number of amides is 2. The number of carbonyl (C=O) groups is 2. The standard InChI is InChI=1S/C22H14BrClN2O3S/c1-12-5-7-16(18(23)9-12)19-8-6-15(29-19)11-17-20(27)25-22(30)26(21(17)28)14-4-2-3-13(24)10-14/h2-11H,1H3,(H,25,27,30)/b17-11+. The highest BCUT2D eigenvalue weighted by molar-refractivity contribution is 9.10. The van der Waals surface area contributed by atoms with Crippen molar-refractivity contribution in [3.63, 3.8) is 0 Å². The number of anilines is 1. The maximum absolute atomic E-state index is 13.0. The van der Waals surface area contributed by atoms with Crippen molar-refractivity contribution >= 4 is 68.4 Å². The van der Waals surface area contributed by atoms with Gasteiger partial charge in [0.2, 0.25) is 0 Å². The minimum atomic E-state index is -0.585. The molecule has 150 valence electrons. The van der Waals surface area contributed by atoms with Gasteiger partial charge in [-0.2, -0.15) is 0 Å². The predicted octanol–water partition coefficient (Wildman–Crippen LogP) is 5.50. The van der Waals surface area contributed by atoms with Crippen LogP contribution in [-0.4, -0.2) is 16.9 Å². The summed E-state index contributed by atoms with van der Waals surface area (Å²) in [7, 11) is 0. The Morgan fingerprint density at radius 3 is 2.67 bits per heavy atom. The van der Waals surface area contributed by atoms with Crippen LogP contribution in [0.25, 0.3) is 17.4 Å². The van der Waals surface area contributed by atoms with Crippen LogP contribution < -0.4 is 10.2 Å². The Balaban J connectivity index is 1.69. The Bertz CT molecular complexity index is 1230. The van der Waals surface area contributed by atoms with Gasteiger partial charge in [0, 0.05) is 15.1 Å². The Hall–Kier alpha value is -2.74. The van der Waals surface area contributed by atoms with Crippen LogP contribution >= 0.6 is 39.7 Å². The second-order valence-corrected chi connectivity index (χ2v) is 8.30. The van der Waals surface area contributed by atoms with Gasteiger partial charge in [0.1, 0.15) is 17.1 Å². The molecule has 2 amide bonds. The maximum atomic E-state index is 13.0. The van der Waals surface area contributed by atoms with Crippen molar-refractivity contribution in [2.24, 2.45) is 0 Å². The fraction of sp³-hybridized carbons (Fsp3) is 0.0455. The van der Waals surface area contributed by atoms with Crippen LogP contribution in [0.3, 0.4) is 0 Å². The van der Waals surface area contributed by atoms with E-state index in [4.69, 9.17) is 28.2 Å². The number of benzene rings is 2. The highest BCUT2D eigenvalue weighted by Crippen LogP contribution is 2.31. The molecule has 0 bridgehead atoms. The van der Waals surface area contributed by atoms with Gasteiger partial charge in [0.15, 0.2) is 5.11 Å². The minimum absolute atomic E-state index is 0.00636. The molecule has 8 heteroatoms. The van der Waals surface area contributed by atoms with E-state index in [-0.39, 0.29) is 10.7 Å². The molecule has 1 aliphatic rings. The van der Waals surface area contributed by atoms with E-state index in [2.05, 4.69) is 21.2 Å². The lowest BCUT2D eigenvalue weighted by Crippen LogP contribution is -2.54. The molecule has 0 unspecified atom stereocenters. The topological polar surface area (TPSA) is 62.6 Å². The second-order valence-electron chi connectivity index (χ2n) is 6.62. The number of nitrogens with one attached hydrogen (secondary N) is 1. The van der Waals surface area contributed by atoms with Gasteiger partial charge in [-0.05, 0) is 73.2 Å². The van der Waals surface area contributed by atoms with Crippen molar-refractivity contribution in [1.82, 2.24) is 5.32 Å². The van der Waals surface area contributed by atoms with Crippen molar-refractivity contribution in [1.29, 1.82) is 0 Å². The Kier molecular flexibility index (Phi) is 5.60. The first kappa shape index (κ1) is 20.5. The first-order valence-electron chi connectivity index (χ1n) is 8.87. The number of rotatable bonds is 3. The Morgan fingerprint density at radius 1 is 1.13 bits per heavy atom. The molecule has 2 aromatic carbocycles. The fourth-order valence-corrected chi connectivity index (χ4v) is 4.20. The average molecular weight is 502 g/mol. The largest absolute Gasteiger partial charge is 0.457 e. The van der Waals surface area contributed by atoms with E-state index in [1.54, 1.807) is 36.4 Å². The van der Waals surface area contributed by atoms with E-state index < -0.39 is 11.8 Å². The van der Waals surface area contributed by atoms with Crippen LogP contribution in [0.4, 0.5) is 5.69 Å². The van der Waals surface area contributed by atoms with E-state index in [9.17, 15) is 9.59 Å². The number of aryl methyl sites for hydroxylation is 1. The third-order valence-corrected chi connectivity index (χ3v) is 5.65. The van der Waals surface area contributed by atoms with Gasteiger partial charge < -0.3 is 4.42 Å². The zero-order chi connectivity index (χ0) is 21.4. The molecule has 3 aromatic rings. The number of hydrogen-bond donors (Lipinski definition) is 1. The molecule has 2 heterocycles. The zero-order valence-electron chi connectivity index (χ0n) is 15.6. The fourth-order valence-electron chi connectivity index (χ4n) is 3.04. The summed E-state index contributed by atoms with van der Waals surface area (Å²) in [6, 6.07) is 16.1. The lowest BCUT2D eigenvalue weighted by Gasteiger charge is -2.28. The van der Waals surface area contributed by atoms with Gasteiger partial charge in [0.25, 0.3) is 11.8 Å². The third kappa shape index (κ3) is 3.96. The van der Waals surface area contributed by atoms with Gasteiger partial charge >= 0.3 is 0 Å². The summed E-state index contributed by atoms with van der Waals surface area (Å²) in [4.78, 5) is 26.7. The molecule has 30 heavy (non-hydrogen) atoms. The average Bonchev–Trinajstić information content (AvgIpc) is 3.13. The lowest BCUT2D eigenvalue weighted by molar-refractivity contribution is -0.122. The number of thiocarbonyl (C=S) groups is 1. The van der Waals surface area contributed by atoms with Crippen molar-refractivity contribution in [2.75, 3.05) is 4.90 Å². The number of hydrogen-bond acceptors (Lipinski definition) is 4. The SMILES string of the molecule is Cc1ccc(-c2ccc(/C=C3\C(=O)NC(=S)N(c4cccc(Cl)c4)C3=O)o2)c(Br)c1. The minimum Gasteiger partial charge on any atom is -0.457 e. The molecule has 0 saturated carbocycles. The van der Waals surface area contributed by atoms with Crippen molar-refractivity contribution in [3.8, 4) is 11.3 Å². The molecule has 1 aromatic heterocycles. The lowest BCUT2D eigenvalue weighted by atomic mass is 10.1. The quantitative estimate of drug-likeness (QED) is 0.292. The summed E-state index contributed by atoms with van der Waals surface area (Å²) in [6.45, 7) is 2.00. The van der Waals surface area contributed by atoms with Crippen molar-refractivity contribution < 1.29 is 14.0 Å². The molecule has 4 rings (SSSR count). The molecular weight excluding hydrogens is 488 g/mol. The molecule has 0 spiro atoms. The van der Waals surface area contributed by atoms with Crippen LogP contribution in [0.15, 0.2) is 69.1 Å². The highest BCUT2D eigenvalue weighted by Gasteiger charge is 2.34. The van der Waals surface area contributed by atoms with Crippen LogP contribution in [0, 0.1) is 6.92 Å². The van der Waals surface area contributed by atoms with Crippen LogP contribution in [0.1, 0.15) is 11.3 Å². The van der Waals surface area contributed by atoms with E-state index in [0.717, 1.165) is 15.6 Å². The molecule has 1 N–H and O–H groups in total. The maximum Gasteiger partial charge on any atom is 0.270 e. The van der Waals surface area contributed by atoms with E-state index in [1.807, 2.05) is 25.1 Å². The van der Waals surface area contributed by atoms with Gasteiger partial charge in [-0.25, -0.2) is 0 Å². The van der Waals surface area contributed by atoms with Gasteiger partial charge in [-0.15, -0.1) is 0 Å². The molecule has 0 aliphatic carbocycles. The summed E-state index contributed by atoms with van der Waals surface area (Å²) >= 11 is 14.8. The Labute approximate surface area is 191 Å². The first-order chi connectivity index (χ1) is 14.3. The van der Waals surface area contributed by atoms with Gasteiger partial charge in [-0.1, -0.05) is 39.7 Å². The second kappa shape index (κ2) is 8.18. The summed E-state index contributed by atoms with van der Waals surface area (Å²) in [5.41, 5.74) is 2.35.